The molecule has 0 spiro atoms. The first-order valence-electron chi connectivity index (χ1n) is 4.59. The number of nitrogens with zero attached hydrogens (tertiary/aromatic N) is 4. The third kappa shape index (κ3) is 2.90. The molecule has 1 fully saturated rings. The van der Waals surface area contributed by atoms with Crippen LogP contribution in [-0.4, -0.2) is 43.7 Å². The molecule has 0 aliphatic carbocycles. The van der Waals surface area contributed by atoms with Gasteiger partial charge in [-0.15, -0.1) is 0 Å². The van der Waals surface area contributed by atoms with E-state index in [9.17, 15) is 4.79 Å². The second kappa shape index (κ2) is 5.47. The van der Waals surface area contributed by atoms with Crippen molar-refractivity contribution in [2.45, 2.75) is 18.9 Å². The van der Waals surface area contributed by atoms with Crippen LogP contribution in [0.4, 0.5) is 0 Å². The highest BCUT2D eigenvalue weighted by atomic mass is 16.5. The molecule has 0 radical (unpaired) electrons. The van der Waals surface area contributed by atoms with Crippen molar-refractivity contribution < 1.29 is 9.53 Å². The van der Waals surface area contributed by atoms with Crippen LogP contribution in [0, 0.1) is 0 Å². The average Bonchev–Trinajstić information content (AvgIpc) is 2.26. The van der Waals surface area contributed by atoms with Gasteiger partial charge in [-0.25, -0.2) is 0 Å². The molecule has 1 saturated heterocycles. The van der Waals surface area contributed by atoms with Gasteiger partial charge in [-0.3, -0.25) is 4.79 Å². The number of rotatable bonds is 3. The Morgan fingerprint density at radius 1 is 1.79 bits per heavy atom. The fourth-order valence-corrected chi connectivity index (χ4v) is 1.55. The first-order valence-corrected chi connectivity index (χ1v) is 4.59. The fourth-order valence-electron chi connectivity index (χ4n) is 1.55. The summed E-state index contributed by atoms with van der Waals surface area (Å²) < 4.78 is 5.18. The van der Waals surface area contributed by atoms with Gasteiger partial charge >= 0.3 is 0 Å². The maximum absolute atomic E-state index is 11.4. The van der Waals surface area contributed by atoms with Gasteiger partial charge < -0.3 is 9.64 Å². The summed E-state index contributed by atoms with van der Waals surface area (Å²) in [6.07, 6.45) is 2.06. The first kappa shape index (κ1) is 10.8. The number of azide groups is 1. The quantitative estimate of drug-likeness (QED) is 0.384. The monoisotopic (exact) mass is 198 g/mol. The smallest absolute Gasteiger partial charge is 0.228 e. The first-order chi connectivity index (χ1) is 6.77. The Kier molecular flexibility index (Phi) is 4.22. The summed E-state index contributed by atoms with van der Waals surface area (Å²) in [5, 5.41) is 3.25. The van der Waals surface area contributed by atoms with Crippen molar-refractivity contribution in [3.05, 3.63) is 10.4 Å². The lowest BCUT2D eigenvalue weighted by Crippen LogP contribution is -2.43. The average molecular weight is 198 g/mol. The Balaban J connectivity index is 2.42. The lowest BCUT2D eigenvalue weighted by atomic mass is 10.1. The molecule has 14 heavy (non-hydrogen) atoms. The number of amides is 1. The molecular formula is C8H14N4O2. The molecule has 1 amide bonds. The van der Waals surface area contributed by atoms with E-state index in [-0.39, 0.29) is 18.6 Å². The van der Waals surface area contributed by atoms with Gasteiger partial charge in [0.15, 0.2) is 0 Å². The van der Waals surface area contributed by atoms with Gasteiger partial charge in [0.2, 0.25) is 5.91 Å². The maximum Gasteiger partial charge on any atom is 0.228 e. The van der Waals surface area contributed by atoms with Crippen LogP contribution in [0.1, 0.15) is 12.8 Å². The van der Waals surface area contributed by atoms with Gasteiger partial charge in [-0.2, -0.15) is 0 Å². The van der Waals surface area contributed by atoms with Crippen molar-refractivity contribution in [2.24, 2.45) is 5.11 Å². The molecule has 0 aromatic carbocycles. The second-order valence-electron chi connectivity index (χ2n) is 3.23. The Hall–Kier alpha value is -1.26. The Morgan fingerprint density at radius 3 is 3.21 bits per heavy atom. The molecule has 0 aromatic heterocycles. The van der Waals surface area contributed by atoms with Crippen LogP contribution in [0.2, 0.25) is 0 Å². The molecule has 0 saturated carbocycles. The molecule has 6 nitrogen and oxygen atoms in total. The van der Waals surface area contributed by atoms with Crippen LogP contribution in [0.25, 0.3) is 10.4 Å². The summed E-state index contributed by atoms with van der Waals surface area (Å²) in [6, 6.07) is 0. The number of methoxy groups -OCH3 is 1. The van der Waals surface area contributed by atoms with E-state index in [1.807, 2.05) is 0 Å². The summed E-state index contributed by atoms with van der Waals surface area (Å²) in [6.45, 7) is 1.25. The van der Waals surface area contributed by atoms with Crippen molar-refractivity contribution in [2.75, 3.05) is 26.7 Å². The third-order valence-electron chi connectivity index (χ3n) is 2.33. The zero-order valence-electron chi connectivity index (χ0n) is 8.22. The predicted molar refractivity (Wildman–Crippen MR) is 50.6 cm³/mol. The largest absolute Gasteiger partial charge is 0.380 e. The van der Waals surface area contributed by atoms with E-state index in [0.29, 0.717) is 6.54 Å². The normalized spacial score (nSPS) is 21.5. The van der Waals surface area contributed by atoms with E-state index in [1.165, 1.54) is 0 Å². The zero-order chi connectivity index (χ0) is 10.4. The van der Waals surface area contributed by atoms with Gasteiger partial charge in [0.05, 0.1) is 6.10 Å². The number of hydrogen-bond acceptors (Lipinski definition) is 3. The molecule has 78 valence electrons. The standard InChI is InChI=1S/C8H14N4O2/c1-14-7-3-2-4-12(6-7)8(13)5-10-11-9/h7H,2-6H2,1H3. The summed E-state index contributed by atoms with van der Waals surface area (Å²) in [4.78, 5) is 15.7. The van der Waals surface area contributed by atoms with Crippen LogP contribution in [0.3, 0.4) is 0 Å². The van der Waals surface area contributed by atoms with Crippen LogP contribution in [-0.2, 0) is 9.53 Å². The molecule has 1 aliphatic heterocycles. The third-order valence-corrected chi connectivity index (χ3v) is 2.33. The fraction of sp³-hybridized carbons (Fsp3) is 0.875. The highest BCUT2D eigenvalue weighted by Crippen LogP contribution is 2.12. The zero-order valence-corrected chi connectivity index (χ0v) is 8.22. The highest BCUT2D eigenvalue weighted by molar-refractivity contribution is 5.78. The highest BCUT2D eigenvalue weighted by Gasteiger charge is 2.22. The summed E-state index contributed by atoms with van der Waals surface area (Å²) in [5.41, 5.74) is 8.07. The van der Waals surface area contributed by atoms with Crippen molar-refractivity contribution in [1.29, 1.82) is 0 Å². The lowest BCUT2D eigenvalue weighted by Gasteiger charge is -2.31. The van der Waals surface area contributed by atoms with Crippen LogP contribution < -0.4 is 0 Å². The van der Waals surface area contributed by atoms with Gasteiger partial charge in [-0.05, 0) is 18.4 Å². The van der Waals surface area contributed by atoms with Crippen LogP contribution in [0.15, 0.2) is 5.11 Å². The Morgan fingerprint density at radius 2 is 2.57 bits per heavy atom. The molecule has 1 rings (SSSR count). The molecule has 0 bridgehead atoms. The molecule has 0 N–H and O–H groups in total. The SMILES string of the molecule is COC1CCCN(C(=O)CN=[N+]=[N-])C1. The summed E-state index contributed by atoms with van der Waals surface area (Å²) >= 11 is 0. The molecule has 1 heterocycles. The van der Waals surface area contributed by atoms with Crippen molar-refractivity contribution in [1.82, 2.24) is 4.90 Å². The molecule has 1 aliphatic rings. The number of carbonyl (C=O) groups is 1. The van der Waals surface area contributed by atoms with Gasteiger partial charge in [-0.1, -0.05) is 5.11 Å². The molecule has 1 atom stereocenters. The Labute approximate surface area is 82.5 Å². The molecule has 1 unspecified atom stereocenters. The molecule has 6 heteroatoms. The molecule has 0 aromatic rings. The minimum atomic E-state index is -0.121. The molecular weight excluding hydrogens is 184 g/mol. The van der Waals surface area contributed by atoms with Crippen LogP contribution in [0.5, 0.6) is 0 Å². The topological polar surface area (TPSA) is 78.3 Å². The van der Waals surface area contributed by atoms with E-state index < -0.39 is 0 Å². The van der Waals surface area contributed by atoms with E-state index in [4.69, 9.17) is 10.3 Å². The van der Waals surface area contributed by atoms with E-state index in [1.54, 1.807) is 12.0 Å². The minimum absolute atomic E-state index is 0.0903. The number of piperidine rings is 1. The second-order valence-corrected chi connectivity index (χ2v) is 3.23. The van der Waals surface area contributed by atoms with E-state index in [0.717, 1.165) is 19.4 Å². The van der Waals surface area contributed by atoms with Crippen LogP contribution >= 0.6 is 0 Å². The predicted octanol–water partition coefficient (Wildman–Crippen LogP) is 0.934. The van der Waals surface area contributed by atoms with Crippen molar-refractivity contribution in [3.8, 4) is 0 Å². The summed E-state index contributed by atoms with van der Waals surface area (Å²) in [7, 11) is 1.64. The maximum atomic E-state index is 11.4. The summed E-state index contributed by atoms with van der Waals surface area (Å²) in [5.74, 6) is -0.121. The van der Waals surface area contributed by atoms with E-state index >= 15 is 0 Å². The van der Waals surface area contributed by atoms with E-state index in [2.05, 4.69) is 10.0 Å². The Bertz CT molecular complexity index is 250. The minimum Gasteiger partial charge on any atom is -0.380 e. The number of hydrogen-bond donors (Lipinski definition) is 0. The van der Waals surface area contributed by atoms with Gasteiger partial charge in [0.25, 0.3) is 0 Å². The number of ether oxygens (including phenoxy) is 1. The van der Waals surface area contributed by atoms with Crippen molar-refractivity contribution in [3.63, 3.8) is 0 Å². The number of carbonyl (C=O) groups excluding carboxylic acids is 1. The number of likely N-dealkylation sites (tertiary alicyclic amines) is 1. The van der Waals surface area contributed by atoms with Crippen molar-refractivity contribution >= 4 is 5.91 Å². The van der Waals surface area contributed by atoms with Gasteiger partial charge in [0, 0.05) is 25.1 Å². The van der Waals surface area contributed by atoms with Gasteiger partial charge in [0.1, 0.15) is 6.54 Å². The lowest BCUT2D eigenvalue weighted by molar-refractivity contribution is -0.133.